The van der Waals surface area contributed by atoms with Gasteiger partial charge < -0.3 is 18.9 Å². The standard InChI is InChI=1S/C47H92NO7P/c1-6-8-10-12-14-16-18-20-22-24-25-26-28-30-32-34-36-38-40-47(49)55-46(45-54-56(50,51)53-43-41-48(3,4)5)44-52-42-39-37-35-33-31-29-27-23-21-19-17-15-13-11-9-7-2/h15,17,21,23,46H,6-14,16,18-20,22,24-45H2,1-5H3/p+1/b17-15-,23-21-. The van der Waals surface area contributed by atoms with E-state index >= 15 is 0 Å². The Morgan fingerprint density at radius 1 is 0.554 bits per heavy atom. The van der Waals surface area contributed by atoms with Crippen molar-refractivity contribution >= 4 is 13.8 Å². The number of carbonyl (C=O) groups excluding carboxylic acids is 1. The maximum absolute atomic E-state index is 12.7. The molecule has 0 saturated heterocycles. The molecule has 0 aliphatic heterocycles. The lowest BCUT2D eigenvalue weighted by atomic mass is 10.0. The van der Waals surface area contributed by atoms with Crippen molar-refractivity contribution in [3.63, 3.8) is 0 Å². The van der Waals surface area contributed by atoms with Crippen LogP contribution in [-0.4, -0.2) is 75.6 Å². The van der Waals surface area contributed by atoms with Crippen LogP contribution < -0.4 is 0 Å². The monoisotopic (exact) mass is 815 g/mol. The van der Waals surface area contributed by atoms with Crippen LogP contribution in [-0.2, 0) is 27.9 Å². The number of hydrogen-bond acceptors (Lipinski definition) is 6. The zero-order valence-corrected chi connectivity index (χ0v) is 38.5. The van der Waals surface area contributed by atoms with E-state index < -0.39 is 13.9 Å². The van der Waals surface area contributed by atoms with Crippen LogP contribution in [0.2, 0.25) is 0 Å². The van der Waals surface area contributed by atoms with E-state index in [2.05, 4.69) is 38.2 Å². The van der Waals surface area contributed by atoms with Crippen LogP contribution >= 0.6 is 7.82 Å². The third-order valence-corrected chi connectivity index (χ3v) is 11.2. The Bertz CT molecular complexity index is 951. The normalized spacial score (nSPS) is 13.9. The van der Waals surface area contributed by atoms with Crippen molar-refractivity contribution in [2.45, 2.75) is 219 Å². The average Bonchev–Trinajstić information content (AvgIpc) is 3.15. The summed E-state index contributed by atoms with van der Waals surface area (Å²) in [5.74, 6) is -0.314. The summed E-state index contributed by atoms with van der Waals surface area (Å²) in [6, 6.07) is 0. The number of allylic oxidation sites excluding steroid dienone is 4. The molecule has 332 valence electrons. The molecule has 0 saturated carbocycles. The van der Waals surface area contributed by atoms with Gasteiger partial charge in [-0.25, -0.2) is 4.57 Å². The number of phosphoric acid groups is 1. The molecular weight excluding hydrogens is 721 g/mol. The van der Waals surface area contributed by atoms with Gasteiger partial charge >= 0.3 is 13.8 Å². The molecule has 9 heteroatoms. The lowest BCUT2D eigenvalue weighted by Gasteiger charge is -2.24. The minimum atomic E-state index is -4.28. The first-order chi connectivity index (χ1) is 27.1. The van der Waals surface area contributed by atoms with Gasteiger partial charge in [0.2, 0.25) is 0 Å². The Kier molecular flexibility index (Phi) is 40.0. The molecule has 0 spiro atoms. The van der Waals surface area contributed by atoms with Gasteiger partial charge in [0.05, 0.1) is 34.4 Å². The predicted octanol–water partition coefficient (Wildman–Crippen LogP) is 14.0. The van der Waals surface area contributed by atoms with E-state index in [0.717, 1.165) is 44.9 Å². The summed E-state index contributed by atoms with van der Waals surface area (Å²) in [6.45, 7) is 5.61. The van der Waals surface area contributed by atoms with Crippen LogP contribution in [0, 0.1) is 0 Å². The maximum Gasteiger partial charge on any atom is 0.472 e. The van der Waals surface area contributed by atoms with Gasteiger partial charge in [-0.2, -0.15) is 0 Å². The van der Waals surface area contributed by atoms with Crippen molar-refractivity contribution in [2.75, 3.05) is 54.1 Å². The third kappa shape index (κ3) is 44.1. The summed E-state index contributed by atoms with van der Waals surface area (Å²) in [7, 11) is 1.67. The Hall–Kier alpha value is -1.02. The Balaban J connectivity index is 4.18. The summed E-state index contributed by atoms with van der Waals surface area (Å²) in [4.78, 5) is 22.9. The highest BCUT2D eigenvalue weighted by molar-refractivity contribution is 7.47. The molecule has 0 bridgehead atoms. The number of phosphoric ester groups is 1. The van der Waals surface area contributed by atoms with Crippen LogP contribution in [0.25, 0.3) is 0 Å². The Morgan fingerprint density at radius 3 is 1.48 bits per heavy atom. The fourth-order valence-corrected chi connectivity index (χ4v) is 7.33. The van der Waals surface area contributed by atoms with E-state index in [9.17, 15) is 14.3 Å². The lowest BCUT2D eigenvalue weighted by molar-refractivity contribution is -0.870. The van der Waals surface area contributed by atoms with Crippen LogP contribution in [0.5, 0.6) is 0 Å². The minimum Gasteiger partial charge on any atom is -0.457 e. The molecule has 0 aromatic heterocycles. The highest BCUT2D eigenvalue weighted by Gasteiger charge is 2.26. The number of rotatable bonds is 44. The number of likely N-dealkylation sites (N-methyl/N-ethyl adjacent to an activating group) is 1. The first-order valence-electron chi connectivity index (χ1n) is 23.6. The third-order valence-electron chi connectivity index (χ3n) is 10.3. The van der Waals surface area contributed by atoms with Crippen LogP contribution in [0.1, 0.15) is 213 Å². The van der Waals surface area contributed by atoms with Crippen molar-refractivity contribution in [2.24, 2.45) is 0 Å². The molecule has 1 N–H and O–H groups in total. The summed E-state index contributed by atoms with van der Waals surface area (Å²) >= 11 is 0. The second-order valence-corrected chi connectivity index (χ2v) is 18.6. The zero-order valence-electron chi connectivity index (χ0n) is 37.6. The molecule has 0 aromatic rings. The molecule has 56 heavy (non-hydrogen) atoms. The molecule has 0 heterocycles. The number of quaternary nitrogens is 1. The molecule has 0 aliphatic rings. The quantitative estimate of drug-likeness (QED) is 0.0215. The van der Waals surface area contributed by atoms with Gasteiger partial charge in [-0.1, -0.05) is 186 Å². The number of carbonyl (C=O) groups is 1. The second kappa shape index (κ2) is 40.7. The minimum absolute atomic E-state index is 0.0884. The summed E-state index contributed by atoms with van der Waals surface area (Å²) in [6.07, 6.45) is 46.4. The molecule has 2 unspecified atom stereocenters. The molecule has 8 nitrogen and oxygen atoms in total. The second-order valence-electron chi connectivity index (χ2n) is 17.1. The molecule has 0 rings (SSSR count). The van der Waals surface area contributed by atoms with Crippen molar-refractivity contribution in [1.82, 2.24) is 0 Å². The topological polar surface area (TPSA) is 91.3 Å². The molecule has 0 aliphatic carbocycles. The van der Waals surface area contributed by atoms with Crippen molar-refractivity contribution in [3.8, 4) is 0 Å². The van der Waals surface area contributed by atoms with Crippen molar-refractivity contribution in [3.05, 3.63) is 24.3 Å². The van der Waals surface area contributed by atoms with Gasteiger partial charge in [0.25, 0.3) is 0 Å². The Labute approximate surface area is 347 Å². The highest BCUT2D eigenvalue weighted by atomic mass is 31.2. The van der Waals surface area contributed by atoms with Gasteiger partial charge in [0.15, 0.2) is 0 Å². The molecule has 2 atom stereocenters. The van der Waals surface area contributed by atoms with Crippen molar-refractivity contribution < 1.29 is 37.3 Å². The first kappa shape index (κ1) is 55.0. The van der Waals surface area contributed by atoms with Gasteiger partial charge in [-0.15, -0.1) is 0 Å². The lowest BCUT2D eigenvalue weighted by Crippen LogP contribution is -2.37. The van der Waals surface area contributed by atoms with Gasteiger partial charge in [-0.05, 0) is 44.9 Å². The molecule has 0 radical (unpaired) electrons. The number of unbranched alkanes of at least 4 members (excludes halogenated alkanes) is 26. The molecule has 0 aromatic carbocycles. The van der Waals surface area contributed by atoms with E-state index in [1.165, 1.54) is 148 Å². The largest absolute Gasteiger partial charge is 0.472 e. The van der Waals surface area contributed by atoms with E-state index in [0.29, 0.717) is 24.1 Å². The zero-order chi connectivity index (χ0) is 41.3. The summed E-state index contributed by atoms with van der Waals surface area (Å²) < 4.78 is 35.1. The Morgan fingerprint density at radius 2 is 0.982 bits per heavy atom. The number of nitrogens with zero attached hydrogens (tertiary/aromatic N) is 1. The van der Waals surface area contributed by atoms with E-state index in [4.69, 9.17) is 18.5 Å². The predicted molar refractivity (Wildman–Crippen MR) is 238 cm³/mol. The van der Waals surface area contributed by atoms with E-state index in [1.54, 1.807) is 0 Å². The van der Waals surface area contributed by atoms with E-state index in [-0.39, 0.29) is 25.8 Å². The summed E-state index contributed by atoms with van der Waals surface area (Å²) in [5, 5.41) is 0. The highest BCUT2D eigenvalue weighted by Crippen LogP contribution is 2.43. The molecule has 0 amide bonds. The average molecular weight is 815 g/mol. The van der Waals surface area contributed by atoms with Crippen LogP contribution in [0.3, 0.4) is 0 Å². The van der Waals surface area contributed by atoms with Crippen molar-refractivity contribution in [1.29, 1.82) is 0 Å². The smallest absolute Gasteiger partial charge is 0.457 e. The number of esters is 1. The fraction of sp³-hybridized carbons (Fsp3) is 0.894. The van der Waals surface area contributed by atoms with Crippen LogP contribution in [0.4, 0.5) is 0 Å². The molecular formula is C47H93NO7P+. The van der Waals surface area contributed by atoms with Gasteiger partial charge in [0.1, 0.15) is 19.3 Å². The van der Waals surface area contributed by atoms with Crippen LogP contribution in [0.15, 0.2) is 24.3 Å². The first-order valence-corrected chi connectivity index (χ1v) is 25.1. The molecule has 0 fully saturated rings. The van der Waals surface area contributed by atoms with E-state index in [1.807, 2.05) is 21.1 Å². The number of hydrogen-bond donors (Lipinski definition) is 1. The SMILES string of the molecule is CCCCC/C=C\C/C=C\CCCCCCCCOCC(COP(=O)(O)OCC[N+](C)(C)C)OC(=O)CCCCCCCCCCCCCCCCCCCC. The summed E-state index contributed by atoms with van der Waals surface area (Å²) in [5.41, 5.74) is 0. The maximum atomic E-state index is 12.7. The van der Waals surface area contributed by atoms with Gasteiger partial charge in [-0.3, -0.25) is 13.8 Å². The number of ether oxygens (including phenoxy) is 2. The van der Waals surface area contributed by atoms with Gasteiger partial charge in [0, 0.05) is 13.0 Å². The fourth-order valence-electron chi connectivity index (χ4n) is 6.58.